The topological polar surface area (TPSA) is 204 Å². The number of ether oxygens (including phenoxy) is 1. The van der Waals surface area contributed by atoms with Crippen LogP contribution in [-0.4, -0.2) is 71.7 Å². The third-order valence-electron chi connectivity index (χ3n) is 5.36. The number of nitrogens with zero attached hydrogens (tertiary/aromatic N) is 4. The van der Waals surface area contributed by atoms with Gasteiger partial charge < -0.3 is 26.6 Å². The molecule has 3 aromatic rings. The van der Waals surface area contributed by atoms with E-state index in [4.69, 9.17) is 21.4 Å². The van der Waals surface area contributed by atoms with Gasteiger partial charge in [-0.1, -0.05) is 30.3 Å². The SMILES string of the molecule is Nc1ncnc2c1ncn2[C@@H]1O[C@H](C(=O)NO)[C@@H](NC(=O)[C@H](N)CSCc2ccccc2)[C@H]1O. The summed E-state index contributed by atoms with van der Waals surface area (Å²) in [5.41, 5.74) is 15.0. The van der Waals surface area contributed by atoms with Crippen molar-refractivity contribution in [2.24, 2.45) is 5.73 Å². The number of fused-ring (bicyclic) bond motifs is 1. The maximum Gasteiger partial charge on any atom is 0.274 e. The maximum absolute atomic E-state index is 12.7. The Morgan fingerprint density at radius 2 is 2.00 bits per heavy atom. The first-order valence-corrected chi connectivity index (χ1v) is 11.4. The lowest BCUT2D eigenvalue weighted by molar-refractivity contribution is -0.144. The zero-order valence-electron chi connectivity index (χ0n) is 17.8. The fourth-order valence-corrected chi connectivity index (χ4v) is 4.58. The van der Waals surface area contributed by atoms with Crippen molar-refractivity contribution in [1.29, 1.82) is 0 Å². The highest BCUT2D eigenvalue weighted by Gasteiger charge is 2.49. The fourth-order valence-electron chi connectivity index (χ4n) is 3.63. The number of hydrogen-bond donors (Lipinski definition) is 6. The molecular weight excluding hydrogens is 464 g/mol. The first-order valence-electron chi connectivity index (χ1n) is 10.3. The number of anilines is 1. The van der Waals surface area contributed by atoms with Gasteiger partial charge >= 0.3 is 0 Å². The number of aliphatic hydroxyl groups is 1. The number of nitrogens with two attached hydrogens (primary N) is 2. The Hall–Kier alpha value is -3.30. The van der Waals surface area contributed by atoms with E-state index in [2.05, 4.69) is 20.3 Å². The Balaban J connectivity index is 1.46. The van der Waals surface area contributed by atoms with Gasteiger partial charge in [-0.15, -0.1) is 0 Å². The number of amides is 2. The molecule has 2 aromatic heterocycles. The van der Waals surface area contributed by atoms with E-state index in [1.165, 1.54) is 34.5 Å². The predicted molar refractivity (Wildman–Crippen MR) is 122 cm³/mol. The molecule has 5 atom stereocenters. The number of aromatic nitrogens is 4. The molecule has 0 spiro atoms. The maximum atomic E-state index is 12.7. The number of thioether (sulfide) groups is 1. The number of hydroxylamine groups is 1. The predicted octanol–water partition coefficient (Wildman–Crippen LogP) is -1.08. The second kappa shape index (κ2) is 10.3. The molecule has 180 valence electrons. The monoisotopic (exact) mass is 488 g/mol. The summed E-state index contributed by atoms with van der Waals surface area (Å²) in [6, 6.07) is 7.62. The Bertz CT molecular complexity index is 1160. The van der Waals surface area contributed by atoms with Crippen LogP contribution in [0.4, 0.5) is 5.82 Å². The van der Waals surface area contributed by atoms with E-state index in [9.17, 15) is 14.7 Å². The van der Waals surface area contributed by atoms with Crippen molar-refractivity contribution in [1.82, 2.24) is 30.3 Å². The summed E-state index contributed by atoms with van der Waals surface area (Å²) in [5, 5.41) is 22.7. The molecule has 1 aromatic carbocycles. The summed E-state index contributed by atoms with van der Waals surface area (Å²) in [6.45, 7) is 0. The van der Waals surface area contributed by atoms with Crippen molar-refractivity contribution in [3.63, 3.8) is 0 Å². The molecule has 1 aliphatic rings. The Kier molecular flexibility index (Phi) is 7.23. The molecule has 0 radical (unpaired) electrons. The van der Waals surface area contributed by atoms with Crippen LogP contribution in [0.1, 0.15) is 11.8 Å². The molecule has 2 amide bonds. The van der Waals surface area contributed by atoms with Gasteiger partial charge in [0.15, 0.2) is 23.8 Å². The molecule has 13 nitrogen and oxygen atoms in total. The number of carbonyl (C=O) groups is 2. The van der Waals surface area contributed by atoms with Gasteiger partial charge in [-0.05, 0) is 5.56 Å². The minimum atomic E-state index is -1.41. The van der Waals surface area contributed by atoms with Gasteiger partial charge in [0.25, 0.3) is 5.91 Å². The lowest BCUT2D eigenvalue weighted by Crippen LogP contribution is -2.55. The quantitative estimate of drug-likeness (QED) is 0.166. The highest BCUT2D eigenvalue weighted by molar-refractivity contribution is 7.98. The van der Waals surface area contributed by atoms with E-state index in [1.54, 1.807) is 0 Å². The van der Waals surface area contributed by atoms with Crippen molar-refractivity contribution < 1.29 is 24.6 Å². The molecular formula is C20H24N8O5S. The van der Waals surface area contributed by atoms with Gasteiger partial charge in [-0.2, -0.15) is 11.8 Å². The molecule has 0 saturated carbocycles. The minimum Gasteiger partial charge on any atom is -0.386 e. The van der Waals surface area contributed by atoms with Crippen molar-refractivity contribution in [2.75, 3.05) is 11.5 Å². The molecule has 3 heterocycles. The first kappa shape index (κ1) is 23.8. The van der Waals surface area contributed by atoms with Gasteiger partial charge in [0.05, 0.1) is 18.4 Å². The third kappa shape index (κ3) is 4.80. The lowest BCUT2D eigenvalue weighted by Gasteiger charge is -2.22. The van der Waals surface area contributed by atoms with E-state index in [0.717, 1.165) is 5.56 Å². The summed E-state index contributed by atoms with van der Waals surface area (Å²) in [4.78, 5) is 37.0. The highest BCUT2D eigenvalue weighted by atomic mass is 32.2. The van der Waals surface area contributed by atoms with Crippen molar-refractivity contribution >= 4 is 40.6 Å². The van der Waals surface area contributed by atoms with Crippen molar-refractivity contribution in [3.05, 3.63) is 48.5 Å². The zero-order valence-corrected chi connectivity index (χ0v) is 18.6. The van der Waals surface area contributed by atoms with Gasteiger partial charge in [-0.25, -0.2) is 20.4 Å². The molecule has 4 rings (SSSR count). The highest BCUT2D eigenvalue weighted by Crippen LogP contribution is 2.32. The molecule has 1 saturated heterocycles. The minimum absolute atomic E-state index is 0.129. The van der Waals surface area contributed by atoms with Crippen LogP contribution in [0, 0.1) is 0 Å². The average Bonchev–Trinajstić information content (AvgIpc) is 3.41. The van der Waals surface area contributed by atoms with Gasteiger partial charge in [0.1, 0.15) is 17.9 Å². The second-order valence-corrected chi connectivity index (χ2v) is 8.67. The number of nitrogen functional groups attached to an aromatic ring is 1. The van der Waals surface area contributed by atoms with Crippen LogP contribution in [0.3, 0.4) is 0 Å². The number of carbonyl (C=O) groups excluding carboxylic acids is 2. The van der Waals surface area contributed by atoms with E-state index < -0.39 is 42.3 Å². The van der Waals surface area contributed by atoms with Crippen molar-refractivity contribution in [3.8, 4) is 0 Å². The number of rotatable bonds is 8. The average molecular weight is 489 g/mol. The van der Waals surface area contributed by atoms with E-state index in [0.29, 0.717) is 11.5 Å². The molecule has 1 fully saturated rings. The number of aliphatic hydroxyl groups excluding tert-OH is 1. The van der Waals surface area contributed by atoms with E-state index >= 15 is 0 Å². The summed E-state index contributed by atoms with van der Waals surface area (Å²) in [7, 11) is 0. The van der Waals surface area contributed by atoms with Crippen LogP contribution in [0.2, 0.25) is 0 Å². The molecule has 0 aliphatic carbocycles. The normalized spacial score (nSPS) is 23.0. The number of nitrogens with one attached hydrogen (secondary N) is 2. The van der Waals surface area contributed by atoms with Crippen LogP contribution in [-0.2, 0) is 20.1 Å². The molecule has 0 bridgehead atoms. The number of benzene rings is 1. The van der Waals surface area contributed by atoms with E-state index in [-0.39, 0.29) is 17.0 Å². The Morgan fingerprint density at radius 1 is 1.24 bits per heavy atom. The number of imidazole rings is 1. The summed E-state index contributed by atoms with van der Waals surface area (Å²) in [6.07, 6.45) is -1.41. The summed E-state index contributed by atoms with van der Waals surface area (Å²) >= 11 is 1.48. The molecule has 14 heteroatoms. The van der Waals surface area contributed by atoms with Crippen molar-refractivity contribution in [2.45, 2.75) is 36.3 Å². The standard InChI is InChI=1S/C20H24N8O5S/c21-11(7-34-6-10-4-2-1-3-5-10)18(30)26-12-14(29)20(33-15(12)19(31)27-32)28-9-25-13-16(22)23-8-24-17(13)28/h1-5,8-9,11-12,14-15,20,29,32H,6-7,21H2,(H,26,30)(H,27,31)(H2,22,23,24)/t11-,12+,14-,15+,20-/m1/s1. The van der Waals surface area contributed by atoms with Crippen LogP contribution >= 0.6 is 11.8 Å². The van der Waals surface area contributed by atoms with Gasteiger partial charge in [0.2, 0.25) is 5.91 Å². The number of hydrogen-bond acceptors (Lipinski definition) is 11. The zero-order chi connectivity index (χ0) is 24.2. The smallest absolute Gasteiger partial charge is 0.274 e. The first-order chi connectivity index (χ1) is 16.4. The Labute approximate surface area is 197 Å². The molecule has 8 N–H and O–H groups in total. The van der Waals surface area contributed by atoms with Crippen LogP contribution in [0.5, 0.6) is 0 Å². The largest absolute Gasteiger partial charge is 0.386 e. The fraction of sp³-hybridized carbons (Fsp3) is 0.350. The molecule has 34 heavy (non-hydrogen) atoms. The van der Waals surface area contributed by atoms with Gasteiger partial charge in [-0.3, -0.25) is 19.4 Å². The van der Waals surface area contributed by atoms with Crippen LogP contribution in [0.15, 0.2) is 43.0 Å². The molecule has 0 unspecified atom stereocenters. The summed E-state index contributed by atoms with van der Waals surface area (Å²) in [5.74, 6) is -0.408. The lowest BCUT2D eigenvalue weighted by atomic mass is 10.1. The Morgan fingerprint density at radius 3 is 2.74 bits per heavy atom. The van der Waals surface area contributed by atoms with Gasteiger partial charge in [0, 0.05) is 11.5 Å². The molecule has 1 aliphatic heterocycles. The summed E-state index contributed by atoms with van der Waals surface area (Å²) < 4.78 is 7.06. The third-order valence-corrected chi connectivity index (χ3v) is 6.49. The van der Waals surface area contributed by atoms with Crippen LogP contribution in [0.25, 0.3) is 11.2 Å². The van der Waals surface area contributed by atoms with Crippen LogP contribution < -0.4 is 22.3 Å². The van der Waals surface area contributed by atoms with E-state index in [1.807, 2.05) is 30.3 Å². The second-order valence-electron chi connectivity index (χ2n) is 7.64.